The van der Waals surface area contributed by atoms with Crippen LogP contribution in [0.5, 0.6) is 0 Å². The smallest absolute Gasteiger partial charge is 0.167 e. The zero-order valence-electron chi connectivity index (χ0n) is 10.5. The van der Waals surface area contributed by atoms with Gasteiger partial charge >= 0.3 is 0 Å². The van der Waals surface area contributed by atoms with Crippen LogP contribution in [0.2, 0.25) is 0 Å². The second-order valence-electron chi connectivity index (χ2n) is 4.84. The van der Waals surface area contributed by atoms with Gasteiger partial charge in [0, 0.05) is 18.8 Å². The lowest BCUT2D eigenvalue weighted by Gasteiger charge is -2.13. The molecular formula is C12H13N5O3. The van der Waals surface area contributed by atoms with Crippen molar-refractivity contribution in [3.63, 3.8) is 0 Å². The minimum Gasteiger partial charge on any atom is -0.394 e. The van der Waals surface area contributed by atoms with Gasteiger partial charge in [-0.05, 0) is 0 Å². The van der Waals surface area contributed by atoms with Gasteiger partial charge in [0.25, 0.3) is 0 Å². The third-order valence-corrected chi connectivity index (χ3v) is 3.65. The van der Waals surface area contributed by atoms with Crippen LogP contribution >= 0.6 is 0 Å². The van der Waals surface area contributed by atoms with E-state index in [9.17, 15) is 5.11 Å². The van der Waals surface area contributed by atoms with E-state index in [4.69, 9.17) is 9.84 Å². The van der Waals surface area contributed by atoms with Crippen LogP contribution in [0.1, 0.15) is 12.6 Å². The van der Waals surface area contributed by atoms with Crippen molar-refractivity contribution in [2.24, 2.45) is 0 Å². The molecule has 4 heterocycles. The van der Waals surface area contributed by atoms with Crippen LogP contribution in [-0.2, 0) is 4.74 Å². The van der Waals surface area contributed by atoms with Crippen molar-refractivity contribution in [2.75, 3.05) is 6.61 Å². The predicted molar refractivity (Wildman–Crippen MR) is 67.9 cm³/mol. The number of ether oxygens (including phenoxy) is 1. The molecule has 0 radical (unpaired) electrons. The average molecular weight is 275 g/mol. The van der Waals surface area contributed by atoms with E-state index in [1.807, 2.05) is 0 Å². The lowest BCUT2D eigenvalue weighted by Crippen LogP contribution is -2.24. The molecule has 0 saturated carbocycles. The van der Waals surface area contributed by atoms with Gasteiger partial charge in [0.15, 0.2) is 16.8 Å². The quantitative estimate of drug-likeness (QED) is 0.667. The highest BCUT2D eigenvalue weighted by Gasteiger charge is 2.35. The molecule has 0 spiro atoms. The highest BCUT2D eigenvalue weighted by molar-refractivity contribution is 5.85. The fraction of sp³-hybridized carbons (Fsp3) is 0.417. The van der Waals surface area contributed by atoms with Gasteiger partial charge < -0.3 is 14.9 Å². The molecule has 0 unspecified atom stereocenters. The van der Waals surface area contributed by atoms with Crippen LogP contribution < -0.4 is 0 Å². The first kappa shape index (κ1) is 11.8. The average Bonchev–Trinajstić information content (AvgIpc) is 3.13. The van der Waals surface area contributed by atoms with Crippen molar-refractivity contribution in [3.8, 4) is 0 Å². The third kappa shape index (κ3) is 1.56. The van der Waals surface area contributed by atoms with Gasteiger partial charge in [0.2, 0.25) is 0 Å². The predicted octanol–water partition coefficient (Wildman–Crippen LogP) is -0.280. The standard InChI is InChI=1S/C12H13N5O3/c18-4-8-7(19)3-9(20-8)17-6-14-10-11-13-1-2-16(11)5-15-12(10)17/h1-2,5-9,18-19H,3-4H2/t7-,8+,9+/m0/s1. The topological polar surface area (TPSA) is 97.7 Å². The number of fused-ring (bicyclic) bond motifs is 3. The van der Waals surface area contributed by atoms with E-state index in [2.05, 4.69) is 15.0 Å². The summed E-state index contributed by atoms with van der Waals surface area (Å²) in [6.45, 7) is -0.206. The summed E-state index contributed by atoms with van der Waals surface area (Å²) >= 11 is 0. The molecule has 2 N–H and O–H groups in total. The first-order valence-corrected chi connectivity index (χ1v) is 6.36. The summed E-state index contributed by atoms with van der Waals surface area (Å²) in [5.74, 6) is 0. The van der Waals surface area contributed by atoms with Crippen LogP contribution in [0.4, 0.5) is 0 Å². The van der Waals surface area contributed by atoms with E-state index >= 15 is 0 Å². The van der Waals surface area contributed by atoms with Crippen molar-refractivity contribution in [3.05, 3.63) is 25.0 Å². The molecule has 0 aromatic carbocycles. The van der Waals surface area contributed by atoms with Gasteiger partial charge in [-0.15, -0.1) is 0 Å². The van der Waals surface area contributed by atoms with Gasteiger partial charge in [-0.1, -0.05) is 0 Å². The minimum absolute atomic E-state index is 0.206. The molecule has 0 aliphatic carbocycles. The van der Waals surface area contributed by atoms with Crippen LogP contribution in [-0.4, -0.2) is 52.9 Å². The molecule has 1 aliphatic rings. The Kier molecular flexibility index (Phi) is 2.49. The normalized spacial score (nSPS) is 26.8. The van der Waals surface area contributed by atoms with E-state index in [0.29, 0.717) is 17.6 Å². The van der Waals surface area contributed by atoms with Crippen molar-refractivity contribution in [2.45, 2.75) is 24.9 Å². The molecule has 4 rings (SSSR count). The zero-order valence-corrected chi connectivity index (χ0v) is 10.5. The summed E-state index contributed by atoms with van der Waals surface area (Å²) in [5.41, 5.74) is 2.06. The SMILES string of the molecule is OC[C@H]1O[C@@H](n2cnc3c2ncn2ccnc32)C[C@@H]1O. The number of rotatable bonds is 2. The zero-order chi connectivity index (χ0) is 13.7. The van der Waals surface area contributed by atoms with Crippen LogP contribution in [0.3, 0.4) is 0 Å². The lowest BCUT2D eigenvalue weighted by atomic mass is 10.2. The number of hydrogen-bond acceptors (Lipinski definition) is 6. The molecular weight excluding hydrogens is 262 g/mol. The summed E-state index contributed by atoms with van der Waals surface area (Å²) in [6, 6.07) is 0. The molecule has 0 amide bonds. The number of hydrogen-bond donors (Lipinski definition) is 2. The van der Waals surface area contributed by atoms with Gasteiger partial charge in [-0.3, -0.25) is 8.97 Å². The van der Waals surface area contributed by atoms with Gasteiger partial charge in [0.1, 0.15) is 18.7 Å². The largest absolute Gasteiger partial charge is 0.394 e. The van der Waals surface area contributed by atoms with Gasteiger partial charge in [0.05, 0.1) is 19.0 Å². The molecule has 1 fully saturated rings. The molecule has 0 bridgehead atoms. The lowest BCUT2D eigenvalue weighted by molar-refractivity contribution is -0.0432. The summed E-state index contributed by atoms with van der Waals surface area (Å²) in [6.07, 6.45) is 5.56. The molecule has 104 valence electrons. The summed E-state index contributed by atoms with van der Waals surface area (Å²) in [7, 11) is 0. The Morgan fingerprint density at radius 3 is 2.95 bits per heavy atom. The molecule has 1 aliphatic heterocycles. The minimum atomic E-state index is -0.683. The Labute approximate surface area is 113 Å². The van der Waals surface area contributed by atoms with Crippen molar-refractivity contribution in [1.82, 2.24) is 23.9 Å². The number of aliphatic hydroxyl groups excluding tert-OH is 2. The van der Waals surface area contributed by atoms with Crippen molar-refractivity contribution < 1.29 is 14.9 Å². The Balaban J connectivity index is 1.81. The summed E-state index contributed by atoms with van der Waals surface area (Å²) in [4.78, 5) is 12.9. The monoisotopic (exact) mass is 275 g/mol. The highest BCUT2D eigenvalue weighted by Crippen LogP contribution is 2.30. The first-order valence-electron chi connectivity index (χ1n) is 6.36. The molecule has 20 heavy (non-hydrogen) atoms. The Hall–Kier alpha value is -2.03. The van der Waals surface area contributed by atoms with E-state index in [1.54, 1.807) is 34.0 Å². The maximum Gasteiger partial charge on any atom is 0.167 e. The molecule has 1 saturated heterocycles. The van der Waals surface area contributed by atoms with E-state index in [1.165, 1.54) is 0 Å². The van der Waals surface area contributed by atoms with Crippen LogP contribution in [0.25, 0.3) is 16.8 Å². The van der Waals surface area contributed by atoms with Crippen LogP contribution in [0.15, 0.2) is 25.0 Å². The number of imidazole rings is 2. The Morgan fingerprint density at radius 2 is 2.15 bits per heavy atom. The van der Waals surface area contributed by atoms with Gasteiger partial charge in [-0.25, -0.2) is 15.0 Å². The second-order valence-corrected chi connectivity index (χ2v) is 4.84. The Bertz CT molecular complexity index is 767. The molecule has 3 atom stereocenters. The maximum atomic E-state index is 9.81. The fourth-order valence-electron chi connectivity index (χ4n) is 2.61. The summed E-state index contributed by atoms with van der Waals surface area (Å²) < 4.78 is 9.18. The van der Waals surface area contributed by atoms with Crippen molar-refractivity contribution >= 4 is 16.8 Å². The molecule has 3 aromatic heterocycles. The fourth-order valence-corrected chi connectivity index (χ4v) is 2.61. The Morgan fingerprint density at radius 1 is 1.25 bits per heavy atom. The number of aliphatic hydroxyl groups is 2. The van der Waals surface area contributed by atoms with E-state index in [0.717, 1.165) is 5.65 Å². The van der Waals surface area contributed by atoms with Crippen LogP contribution in [0, 0.1) is 0 Å². The summed E-state index contributed by atoms with van der Waals surface area (Å²) in [5, 5.41) is 19.0. The highest BCUT2D eigenvalue weighted by atomic mass is 16.5. The maximum absolute atomic E-state index is 9.81. The van der Waals surface area contributed by atoms with E-state index < -0.39 is 12.2 Å². The number of aromatic nitrogens is 5. The third-order valence-electron chi connectivity index (χ3n) is 3.65. The molecule has 8 nitrogen and oxygen atoms in total. The van der Waals surface area contributed by atoms with Gasteiger partial charge in [-0.2, -0.15) is 0 Å². The van der Waals surface area contributed by atoms with Crippen molar-refractivity contribution in [1.29, 1.82) is 0 Å². The number of nitrogens with zero attached hydrogens (tertiary/aromatic N) is 5. The molecule has 3 aromatic rings. The molecule has 8 heteroatoms. The van der Waals surface area contributed by atoms with E-state index in [-0.39, 0.29) is 12.8 Å². The first-order chi connectivity index (χ1) is 9.78. The second kappa shape index (κ2) is 4.23.